The summed E-state index contributed by atoms with van der Waals surface area (Å²) in [7, 11) is 0. The minimum Gasteiger partial charge on any atom is -0.451 e. The van der Waals surface area contributed by atoms with Crippen LogP contribution < -0.4 is 5.32 Å². The lowest BCUT2D eigenvalue weighted by atomic mass is 9.90. The molecule has 1 aliphatic carbocycles. The van der Waals surface area contributed by atoms with Gasteiger partial charge in [-0.1, -0.05) is 25.1 Å². The molecule has 0 aliphatic heterocycles. The highest BCUT2D eigenvalue weighted by Crippen LogP contribution is 2.32. The molecule has 1 N–H and O–H groups in total. The Bertz CT molecular complexity index is 797. The molecule has 0 bridgehead atoms. The molecule has 3 rings (SSSR count). The van der Waals surface area contributed by atoms with Crippen molar-refractivity contribution in [3.63, 3.8) is 0 Å². The van der Waals surface area contributed by atoms with Gasteiger partial charge in [-0.3, -0.25) is 14.9 Å². The monoisotopic (exact) mass is 357 g/mol. The number of aryl methyl sites for hydroxylation is 1. The largest absolute Gasteiger partial charge is 0.451 e. The fraction of sp³-hybridized carbons (Fsp3) is 0.316. The maximum absolute atomic E-state index is 12.1. The molecule has 0 saturated carbocycles. The third kappa shape index (κ3) is 4.33. The van der Waals surface area contributed by atoms with Crippen LogP contribution in [0.3, 0.4) is 0 Å². The number of carbonyl (C=O) groups is 3. The second-order valence-corrected chi connectivity index (χ2v) is 7.36. The number of rotatable bonds is 4. The molecule has 1 aliphatic rings. The Morgan fingerprint density at radius 2 is 2.00 bits per heavy atom. The Morgan fingerprint density at radius 1 is 1.24 bits per heavy atom. The second kappa shape index (κ2) is 7.61. The van der Waals surface area contributed by atoms with E-state index in [9.17, 15) is 14.4 Å². The number of hydrogen-bond donors (Lipinski definition) is 1. The zero-order valence-electron chi connectivity index (χ0n) is 13.9. The summed E-state index contributed by atoms with van der Waals surface area (Å²) in [5.74, 6) is -1.05. The topological polar surface area (TPSA) is 72.5 Å². The molecule has 5 nitrogen and oxygen atoms in total. The van der Waals surface area contributed by atoms with Crippen molar-refractivity contribution < 1.29 is 19.1 Å². The minimum atomic E-state index is -0.642. The molecule has 0 spiro atoms. The van der Waals surface area contributed by atoms with Gasteiger partial charge in [0.1, 0.15) is 4.88 Å². The Balaban J connectivity index is 1.52. The number of imide groups is 1. The first-order chi connectivity index (χ1) is 12.0. The first-order valence-electron chi connectivity index (χ1n) is 8.21. The first-order valence-corrected chi connectivity index (χ1v) is 9.02. The Kier molecular flexibility index (Phi) is 5.28. The molecule has 2 amide bonds. The van der Waals surface area contributed by atoms with E-state index in [1.807, 2.05) is 6.07 Å². The van der Waals surface area contributed by atoms with Crippen molar-refractivity contribution in [3.05, 3.63) is 57.3 Å². The van der Waals surface area contributed by atoms with Crippen molar-refractivity contribution in [1.82, 2.24) is 5.32 Å². The van der Waals surface area contributed by atoms with E-state index in [2.05, 4.69) is 12.2 Å². The Labute approximate surface area is 150 Å². The van der Waals surface area contributed by atoms with E-state index in [0.29, 0.717) is 16.4 Å². The average molecular weight is 357 g/mol. The third-order valence-corrected chi connectivity index (χ3v) is 5.37. The standard InChI is InChI=1S/C19H19NO4S/c1-12-7-8-15-14(9-12)10-16(25-15)19(23)24-11-17(21)20-18(22)13-5-3-2-4-6-13/h2-6,10,12H,7-9,11H2,1H3,(H,20,21,22)/t12-/m0/s1. The van der Waals surface area contributed by atoms with Gasteiger partial charge in [-0.15, -0.1) is 11.3 Å². The lowest BCUT2D eigenvalue weighted by Crippen LogP contribution is -2.34. The van der Waals surface area contributed by atoms with E-state index in [1.165, 1.54) is 21.8 Å². The molecule has 1 aromatic heterocycles. The number of amides is 2. The number of fused-ring (bicyclic) bond motifs is 1. The van der Waals surface area contributed by atoms with Crippen LogP contribution in [-0.4, -0.2) is 24.4 Å². The highest BCUT2D eigenvalue weighted by molar-refractivity contribution is 7.14. The van der Waals surface area contributed by atoms with Crippen LogP contribution in [0.25, 0.3) is 0 Å². The molecule has 25 heavy (non-hydrogen) atoms. The maximum Gasteiger partial charge on any atom is 0.348 e. The van der Waals surface area contributed by atoms with Crippen molar-refractivity contribution in [2.24, 2.45) is 5.92 Å². The molecular weight excluding hydrogens is 338 g/mol. The van der Waals surface area contributed by atoms with Crippen molar-refractivity contribution in [1.29, 1.82) is 0 Å². The highest BCUT2D eigenvalue weighted by atomic mass is 32.1. The van der Waals surface area contributed by atoms with Crippen LogP contribution in [0.4, 0.5) is 0 Å². The molecule has 0 fully saturated rings. The molecule has 0 saturated heterocycles. The van der Waals surface area contributed by atoms with Crippen molar-refractivity contribution in [2.75, 3.05) is 6.61 Å². The maximum atomic E-state index is 12.1. The number of nitrogens with one attached hydrogen (secondary N) is 1. The summed E-state index contributed by atoms with van der Waals surface area (Å²) in [6.45, 7) is 1.73. The van der Waals surface area contributed by atoms with E-state index < -0.39 is 24.4 Å². The summed E-state index contributed by atoms with van der Waals surface area (Å²) < 4.78 is 5.04. The fourth-order valence-electron chi connectivity index (χ4n) is 2.83. The van der Waals surface area contributed by atoms with Crippen LogP contribution in [0, 0.1) is 5.92 Å². The summed E-state index contributed by atoms with van der Waals surface area (Å²) in [5.41, 5.74) is 1.58. The smallest absolute Gasteiger partial charge is 0.348 e. The third-order valence-electron chi connectivity index (χ3n) is 4.15. The SMILES string of the molecule is C[C@H]1CCc2sc(C(=O)OCC(=O)NC(=O)c3ccccc3)cc2C1. The van der Waals surface area contributed by atoms with Crippen LogP contribution in [0.5, 0.6) is 0 Å². The molecule has 1 heterocycles. The van der Waals surface area contributed by atoms with Crippen LogP contribution in [0.15, 0.2) is 36.4 Å². The fourth-order valence-corrected chi connectivity index (χ4v) is 3.94. The first kappa shape index (κ1) is 17.4. The zero-order chi connectivity index (χ0) is 17.8. The lowest BCUT2D eigenvalue weighted by molar-refractivity contribution is -0.123. The van der Waals surface area contributed by atoms with Gasteiger partial charge in [0.15, 0.2) is 6.61 Å². The normalized spacial score (nSPS) is 16.0. The number of esters is 1. The number of ether oxygens (including phenoxy) is 1. The summed E-state index contributed by atoms with van der Waals surface area (Å²) in [4.78, 5) is 37.5. The summed E-state index contributed by atoms with van der Waals surface area (Å²) in [6, 6.07) is 10.3. The van der Waals surface area contributed by atoms with Crippen molar-refractivity contribution in [3.8, 4) is 0 Å². The van der Waals surface area contributed by atoms with Gasteiger partial charge in [0, 0.05) is 10.4 Å². The van der Waals surface area contributed by atoms with Gasteiger partial charge < -0.3 is 4.74 Å². The number of hydrogen-bond acceptors (Lipinski definition) is 5. The van der Waals surface area contributed by atoms with Gasteiger partial charge in [0.25, 0.3) is 11.8 Å². The van der Waals surface area contributed by atoms with Crippen LogP contribution in [0.2, 0.25) is 0 Å². The van der Waals surface area contributed by atoms with Gasteiger partial charge in [0.05, 0.1) is 0 Å². The molecule has 2 aromatic rings. The van der Waals surface area contributed by atoms with Crippen LogP contribution in [0.1, 0.15) is 43.8 Å². The molecule has 1 aromatic carbocycles. The average Bonchev–Trinajstić information content (AvgIpc) is 3.03. The summed E-state index contributed by atoms with van der Waals surface area (Å²) >= 11 is 1.43. The van der Waals surface area contributed by atoms with Gasteiger partial charge >= 0.3 is 5.97 Å². The quantitative estimate of drug-likeness (QED) is 0.854. The second-order valence-electron chi connectivity index (χ2n) is 6.23. The van der Waals surface area contributed by atoms with Gasteiger partial charge in [0.2, 0.25) is 0 Å². The zero-order valence-corrected chi connectivity index (χ0v) is 14.7. The number of thiophene rings is 1. The highest BCUT2D eigenvalue weighted by Gasteiger charge is 2.22. The van der Waals surface area contributed by atoms with Crippen LogP contribution >= 0.6 is 11.3 Å². The molecule has 0 unspecified atom stereocenters. The van der Waals surface area contributed by atoms with E-state index in [1.54, 1.807) is 30.3 Å². The van der Waals surface area contributed by atoms with E-state index in [-0.39, 0.29) is 0 Å². The molecule has 6 heteroatoms. The predicted octanol–water partition coefficient (Wildman–Crippen LogP) is 2.99. The number of benzene rings is 1. The van der Waals surface area contributed by atoms with E-state index in [0.717, 1.165) is 19.3 Å². The molecule has 130 valence electrons. The van der Waals surface area contributed by atoms with E-state index in [4.69, 9.17) is 4.74 Å². The van der Waals surface area contributed by atoms with Gasteiger partial charge in [-0.2, -0.15) is 0 Å². The van der Waals surface area contributed by atoms with E-state index >= 15 is 0 Å². The number of carbonyl (C=O) groups excluding carboxylic acids is 3. The molecular formula is C19H19NO4S. The minimum absolute atomic E-state index is 0.377. The van der Waals surface area contributed by atoms with Crippen molar-refractivity contribution >= 4 is 29.1 Å². The molecule has 1 atom stereocenters. The van der Waals surface area contributed by atoms with Crippen LogP contribution in [-0.2, 0) is 22.4 Å². The molecule has 0 radical (unpaired) electrons. The van der Waals surface area contributed by atoms with Gasteiger partial charge in [-0.25, -0.2) is 4.79 Å². The lowest BCUT2D eigenvalue weighted by Gasteiger charge is -2.16. The summed E-state index contributed by atoms with van der Waals surface area (Å²) in [5, 5.41) is 2.21. The predicted molar refractivity (Wildman–Crippen MR) is 94.7 cm³/mol. The Morgan fingerprint density at radius 3 is 2.76 bits per heavy atom. The Hall–Kier alpha value is -2.47. The summed E-state index contributed by atoms with van der Waals surface area (Å²) in [6.07, 6.45) is 3.09. The van der Waals surface area contributed by atoms with Crippen molar-refractivity contribution in [2.45, 2.75) is 26.2 Å². The van der Waals surface area contributed by atoms with Gasteiger partial charge in [-0.05, 0) is 48.9 Å².